The van der Waals surface area contributed by atoms with Gasteiger partial charge in [-0.25, -0.2) is 4.68 Å². The molecule has 10 heteroatoms. The van der Waals surface area contributed by atoms with Crippen LogP contribution in [0.25, 0.3) is 0 Å². The monoisotopic (exact) mass is 343 g/mol. The third kappa shape index (κ3) is 3.70. The fourth-order valence-corrected chi connectivity index (χ4v) is 4.77. The van der Waals surface area contributed by atoms with Crippen LogP contribution in [-0.4, -0.2) is 88.5 Å². The van der Waals surface area contributed by atoms with Crippen molar-refractivity contribution in [2.75, 3.05) is 40.3 Å². The molecule has 3 saturated heterocycles. The van der Waals surface area contributed by atoms with Crippen LogP contribution in [-0.2, 0) is 16.8 Å². The van der Waals surface area contributed by atoms with Crippen LogP contribution in [0.15, 0.2) is 6.33 Å². The van der Waals surface area contributed by atoms with Crippen LogP contribution in [0.1, 0.15) is 19.3 Å². The second-order valence-corrected chi connectivity index (χ2v) is 8.77. The van der Waals surface area contributed by atoms with Gasteiger partial charge in [-0.1, -0.05) is 0 Å². The van der Waals surface area contributed by atoms with E-state index in [1.54, 1.807) is 29.4 Å². The SMILES string of the molecule is CN(C)S(=O)(=O)N1C[C@H]2CC[C@@H](C1)N(CCCn1cnnn1)C2. The summed E-state index contributed by atoms with van der Waals surface area (Å²) in [6, 6.07) is 0.317. The molecule has 0 aliphatic carbocycles. The molecule has 0 amide bonds. The van der Waals surface area contributed by atoms with Crippen LogP contribution in [0.2, 0.25) is 0 Å². The van der Waals surface area contributed by atoms with Gasteiger partial charge in [0.15, 0.2) is 0 Å². The molecule has 9 nitrogen and oxygen atoms in total. The molecular formula is C13H25N7O2S. The van der Waals surface area contributed by atoms with Crippen molar-refractivity contribution in [2.45, 2.75) is 31.8 Å². The summed E-state index contributed by atoms with van der Waals surface area (Å²) in [5.74, 6) is 0.427. The van der Waals surface area contributed by atoms with Crippen molar-refractivity contribution in [3.8, 4) is 0 Å². The van der Waals surface area contributed by atoms with Gasteiger partial charge in [0.2, 0.25) is 0 Å². The molecule has 0 saturated carbocycles. The van der Waals surface area contributed by atoms with Gasteiger partial charge in [0.1, 0.15) is 6.33 Å². The summed E-state index contributed by atoms with van der Waals surface area (Å²) in [7, 11) is -0.113. The lowest BCUT2D eigenvalue weighted by atomic mass is 9.95. The van der Waals surface area contributed by atoms with Gasteiger partial charge in [-0.05, 0) is 35.6 Å². The van der Waals surface area contributed by atoms with E-state index in [1.165, 1.54) is 4.31 Å². The second kappa shape index (κ2) is 6.80. The standard InChI is InChI=1S/C13H25N7O2S/c1-17(2)23(21,22)20-9-12-4-5-13(10-20)18(8-12)6-3-7-19-11-14-15-16-19/h11-13H,3-10H2,1-2H3/t12-,13-/m0/s1. The number of piperidine rings is 1. The summed E-state index contributed by atoms with van der Waals surface area (Å²) in [6.07, 6.45) is 4.79. The van der Waals surface area contributed by atoms with Crippen molar-refractivity contribution in [3.05, 3.63) is 6.33 Å². The Morgan fingerprint density at radius 3 is 2.70 bits per heavy atom. The Morgan fingerprint density at radius 2 is 2.00 bits per heavy atom. The van der Waals surface area contributed by atoms with Crippen LogP contribution >= 0.6 is 0 Å². The number of tetrazole rings is 1. The van der Waals surface area contributed by atoms with Crippen molar-refractivity contribution < 1.29 is 8.42 Å². The molecule has 3 aliphatic heterocycles. The van der Waals surface area contributed by atoms with Gasteiger partial charge in [-0.2, -0.15) is 17.0 Å². The lowest BCUT2D eigenvalue weighted by Gasteiger charge is -2.36. The van der Waals surface area contributed by atoms with Crippen LogP contribution in [0.3, 0.4) is 0 Å². The Labute approximate surface area is 137 Å². The molecule has 0 aromatic carbocycles. The molecular weight excluding hydrogens is 318 g/mol. The second-order valence-electron chi connectivity index (χ2n) is 6.63. The first-order chi connectivity index (χ1) is 11.0. The zero-order valence-electron chi connectivity index (χ0n) is 13.7. The van der Waals surface area contributed by atoms with Gasteiger partial charge in [0.05, 0.1) is 0 Å². The summed E-state index contributed by atoms with van der Waals surface area (Å²) in [6.45, 7) is 3.97. The van der Waals surface area contributed by atoms with Gasteiger partial charge in [-0.15, -0.1) is 5.10 Å². The molecule has 0 N–H and O–H groups in total. The van der Waals surface area contributed by atoms with E-state index in [0.717, 1.165) is 38.9 Å². The molecule has 3 aliphatic rings. The van der Waals surface area contributed by atoms with Crippen molar-refractivity contribution in [2.24, 2.45) is 5.92 Å². The summed E-state index contributed by atoms with van der Waals surface area (Å²) in [5, 5.41) is 11.1. The molecule has 0 radical (unpaired) electrons. The van der Waals surface area contributed by atoms with Gasteiger partial charge in [-0.3, -0.25) is 4.90 Å². The fraction of sp³-hybridized carbons (Fsp3) is 0.923. The van der Waals surface area contributed by atoms with Crippen LogP contribution in [0.4, 0.5) is 0 Å². The van der Waals surface area contributed by atoms with E-state index in [2.05, 4.69) is 20.4 Å². The third-order valence-electron chi connectivity index (χ3n) is 4.81. The number of aromatic nitrogens is 4. The number of nitrogens with zero attached hydrogens (tertiary/aromatic N) is 7. The minimum Gasteiger partial charge on any atom is -0.299 e. The van der Waals surface area contributed by atoms with Gasteiger partial charge in [0, 0.05) is 52.9 Å². The Bertz CT molecular complexity index is 604. The van der Waals surface area contributed by atoms with E-state index >= 15 is 0 Å². The Balaban J connectivity index is 1.60. The van der Waals surface area contributed by atoms with Gasteiger partial charge < -0.3 is 0 Å². The largest absolute Gasteiger partial charge is 0.299 e. The predicted molar refractivity (Wildman–Crippen MR) is 84.7 cm³/mol. The van der Waals surface area contributed by atoms with Crippen molar-refractivity contribution in [1.29, 1.82) is 0 Å². The molecule has 0 unspecified atom stereocenters. The van der Waals surface area contributed by atoms with E-state index in [-0.39, 0.29) is 0 Å². The molecule has 1 aromatic rings. The van der Waals surface area contributed by atoms with Crippen LogP contribution in [0, 0.1) is 5.92 Å². The third-order valence-corrected chi connectivity index (χ3v) is 6.68. The maximum Gasteiger partial charge on any atom is 0.281 e. The number of hydrogen-bond acceptors (Lipinski definition) is 6. The summed E-state index contributed by atoms with van der Waals surface area (Å²) in [4.78, 5) is 2.45. The van der Waals surface area contributed by atoms with E-state index in [4.69, 9.17) is 0 Å². The quantitative estimate of drug-likeness (QED) is 0.676. The zero-order chi connectivity index (χ0) is 16.4. The smallest absolute Gasteiger partial charge is 0.281 e. The Hall–Kier alpha value is -1.10. The molecule has 2 atom stereocenters. The summed E-state index contributed by atoms with van der Waals surface area (Å²) < 4.78 is 29.6. The molecule has 23 heavy (non-hydrogen) atoms. The predicted octanol–water partition coefficient (Wildman–Crippen LogP) is -0.734. The lowest BCUT2D eigenvalue weighted by Crippen LogP contribution is -2.46. The first-order valence-corrected chi connectivity index (χ1v) is 9.49. The molecule has 2 bridgehead atoms. The van der Waals surface area contributed by atoms with Crippen LogP contribution < -0.4 is 0 Å². The maximum atomic E-state index is 12.4. The molecule has 3 fully saturated rings. The topological polar surface area (TPSA) is 87.5 Å². The highest BCUT2D eigenvalue weighted by Crippen LogP contribution is 2.29. The van der Waals surface area contributed by atoms with E-state index in [1.807, 2.05) is 0 Å². The Morgan fingerprint density at radius 1 is 1.17 bits per heavy atom. The average molecular weight is 343 g/mol. The average Bonchev–Trinajstić information content (AvgIpc) is 2.85. The van der Waals surface area contributed by atoms with E-state index in [9.17, 15) is 8.42 Å². The summed E-state index contributed by atoms with van der Waals surface area (Å²) in [5.41, 5.74) is 0. The number of fused-ring (bicyclic) bond motifs is 4. The molecule has 1 aromatic heterocycles. The summed E-state index contributed by atoms with van der Waals surface area (Å²) >= 11 is 0. The van der Waals surface area contributed by atoms with Crippen molar-refractivity contribution >= 4 is 10.2 Å². The minimum absolute atomic E-state index is 0.317. The van der Waals surface area contributed by atoms with Crippen LogP contribution in [0.5, 0.6) is 0 Å². The molecule has 0 spiro atoms. The number of rotatable bonds is 6. The number of aryl methyl sites for hydroxylation is 1. The first kappa shape index (κ1) is 16.7. The zero-order valence-corrected chi connectivity index (χ0v) is 14.6. The highest BCUT2D eigenvalue weighted by Gasteiger charge is 2.39. The Kier molecular flexibility index (Phi) is 4.95. The fourth-order valence-electron chi connectivity index (χ4n) is 3.55. The molecule has 4 rings (SSSR count). The molecule has 4 heterocycles. The van der Waals surface area contributed by atoms with Gasteiger partial charge >= 0.3 is 0 Å². The van der Waals surface area contributed by atoms with Gasteiger partial charge in [0.25, 0.3) is 10.2 Å². The maximum absolute atomic E-state index is 12.4. The highest BCUT2D eigenvalue weighted by molar-refractivity contribution is 7.86. The molecule has 130 valence electrons. The van der Waals surface area contributed by atoms with Crippen molar-refractivity contribution in [1.82, 2.24) is 33.7 Å². The van der Waals surface area contributed by atoms with E-state index in [0.29, 0.717) is 25.0 Å². The highest BCUT2D eigenvalue weighted by atomic mass is 32.2. The normalized spacial score (nSPS) is 26.7. The van der Waals surface area contributed by atoms with E-state index < -0.39 is 10.2 Å². The lowest BCUT2D eigenvalue weighted by molar-refractivity contribution is 0.129. The number of hydrogen-bond donors (Lipinski definition) is 0. The minimum atomic E-state index is -3.32. The first-order valence-electron chi connectivity index (χ1n) is 8.09. The van der Waals surface area contributed by atoms with Crippen molar-refractivity contribution in [3.63, 3.8) is 0 Å².